The summed E-state index contributed by atoms with van der Waals surface area (Å²) in [7, 11) is 0. The number of fused-ring (bicyclic) bond motifs is 1. The molecule has 1 aromatic heterocycles. The Morgan fingerprint density at radius 2 is 2.32 bits per heavy atom. The molecule has 3 rings (SSSR count). The van der Waals surface area contributed by atoms with Crippen molar-refractivity contribution in [3.05, 3.63) is 29.8 Å². The lowest BCUT2D eigenvalue weighted by Crippen LogP contribution is -2.23. The predicted octanol–water partition coefficient (Wildman–Crippen LogP) is 3.05. The topological polar surface area (TPSA) is 29.9 Å². The van der Waals surface area contributed by atoms with E-state index in [-0.39, 0.29) is 5.82 Å². The smallest absolute Gasteiger partial charge is 0.125 e. The van der Waals surface area contributed by atoms with Crippen LogP contribution in [0, 0.1) is 5.82 Å². The van der Waals surface area contributed by atoms with E-state index in [0.717, 1.165) is 42.8 Å². The van der Waals surface area contributed by atoms with Gasteiger partial charge in [-0.3, -0.25) is 0 Å². The molecule has 1 fully saturated rings. The largest absolute Gasteiger partial charge is 0.328 e. The average Bonchev–Trinajstić information content (AvgIpc) is 2.94. The van der Waals surface area contributed by atoms with Crippen molar-refractivity contribution >= 4 is 11.0 Å². The molecule has 1 N–H and O–H groups in total. The Morgan fingerprint density at radius 3 is 3.00 bits per heavy atom. The lowest BCUT2D eigenvalue weighted by Gasteiger charge is -2.16. The summed E-state index contributed by atoms with van der Waals surface area (Å²) in [6.07, 6.45) is 2.14. The summed E-state index contributed by atoms with van der Waals surface area (Å²) in [5, 5.41) is 3.47. The maximum absolute atomic E-state index is 13.5. The highest BCUT2D eigenvalue weighted by Crippen LogP contribution is 2.30. The molecule has 3 nitrogen and oxygen atoms in total. The van der Waals surface area contributed by atoms with Crippen LogP contribution in [-0.2, 0) is 6.54 Å². The van der Waals surface area contributed by atoms with Gasteiger partial charge in [0.1, 0.15) is 11.6 Å². The molecular formula is C15H20FN3. The molecule has 1 aliphatic rings. The maximum atomic E-state index is 13.5. The number of rotatable bonds is 3. The molecule has 0 aliphatic carbocycles. The van der Waals surface area contributed by atoms with Gasteiger partial charge in [-0.05, 0) is 44.5 Å². The number of halogens is 1. The summed E-state index contributed by atoms with van der Waals surface area (Å²) in [5.74, 6) is 1.36. The average molecular weight is 261 g/mol. The molecule has 0 radical (unpaired) electrons. The summed E-state index contributed by atoms with van der Waals surface area (Å²) in [4.78, 5) is 4.76. The second-order valence-corrected chi connectivity index (χ2v) is 5.39. The van der Waals surface area contributed by atoms with E-state index in [1.807, 2.05) is 0 Å². The van der Waals surface area contributed by atoms with Gasteiger partial charge in [0.2, 0.25) is 0 Å². The number of nitrogens with one attached hydrogen (secondary N) is 1. The van der Waals surface area contributed by atoms with Crippen molar-refractivity contribution in [3.63, 3.8) is 0 Å². The van der Waals surface area contributed by atoms with Crippen LogP contribution >= 0.6 is 0 Å². The Balaban J connectivity index is 2.14. The maximum Gasteiger partial charge on any atom is 0.125 e. The highest BCUT2D eigenvalue weighted by Gasteiger charge is 2.29. The Labute approximate surface area is 112 Å². The number of benzene rings is 1. The highest BCUT2D eigenvalue weighted by atomic mass is 19.1. The normalized spacial score (nSPS) is 23.3. The van der Waals surface area contributed by atoms with Crippen LogP contribution in [-0.4, -0.2) is 22.1 Å². The monoisotopic (exact) mass is 261 g/mol. The first-order valence-corrected chi connectivity index (χ1v) is 7.09. The SMILES string of the molecule is CCCn1c(C2CCNC2C)nc2ccc(F)cc21. The Morgan fingerprint density at radius 1 is 1.47 bits per heavy atom. The van der Waals surface area contributed by atoms with Gasteiger partial charge in [-0.1, -0.05) is 6.92 Å². The van der Waals surface area contributed by atoms with E-state index in [9.17, 15) is 4.39 Å². The number of nitrogens with zero attached hydrogens (tertiary/aromatic N) is 2. The van der Waals surface area contributed by atoms with E-state index in [1.165, 1.54) is 6.07 Å². The van der Waals surface area contributed by atoms with Gasteiger partial charge >= 0.3 is 0 Å². The van der Waals surface area contributed by atoms with Gasteiger partial charge < -0.3 is 9.88 Å². The zero-order chi connectivity index (χ0) is 13.4. The van der Waals surface area contributed by atoms with Crippen LogP contribution in [0.1, 0.15) is 38.4 Å². The molecule has 0 amide bonds. The molecule has 1 aliphatic heterocycles. The molecule has 1 aromatic carbocycles. The second kappa shape index (κ2) is 4.93. The Kier molecular flexibility index (Phi) is 3.27. The highest BCUT2D eigenvalue weighted by molar-refractivity contribution is 5.76. The van der Waals surface area contributed by atoms with Gasteiger partial charge in [-0.15, -0.1) is 0 Å². The standard InChI is InChI=1S/C15H20FN3/c1-3-8-19-14-9-11(16)4-5-13(14)18-15(19)12-6-7-17-10(12)2/h4-5,9-10,12,17H,3,6-8H2,1-2H3. The first-order chi connectivity index (χ1) is 9.20. The number of imidazole rings is 1. The zero-order valence-electron chi connectivity index (χ0n) is 11.5. The first-order valence-electron chi connectivity index (χ1n) is 7.09. The molecule has 102 valence electrons. The molecule has 2 unspecified atom stereocenters. The predicted molar refractivity (Wildman–Crippen MR) is 74.8 cm³/mol. The van der Waals surface area contributed by atoms with Crippen LogP contribution in [0.25, 0.3) is 11.0 Å². The van der Waals surface area contributed by atoms with Crippen molar-refractivity contribution in [2.75, 3.05) is 6.54 Å². The molecule has 4 heteroatoms. The summed E-state index contributed by atoms with van der Waals surface area (Å²) < 4.78 is 15.7. The first kappa shape index (κ1) is 12.6. The fourth-order valence-electron chi connectivity index (χ4n) is 3.07. The van der Waals surface area contributed by atoms with Crippen LogP contribution < -0.4 is 5.32 Å². The Hall–Kier alpha value is -1.42. The lowest BCUT2D eigenvalue weighted by molar-refractivity contribution is 0.531. The van der Waals surface area contributed by atoms with Crippen LogP contribution in [0.2, 0.25) is 0 Å². The number of hydrogen-bond acceptors (Lipinski definition) is 2. The number of aromatic nitrogens is 2. The van der Waals surface area contributed by atoms with E-state index >= 15 is 0 Å². The summed E-state index contributed by atoms with van der Waals surface area (Å²) in [6, 6.07) is 5.32. The quantitative estimate of drug-likeness (QED) is 0.920. The molecule has 1 saturated heterocycles. The summed E-state index contributed by atoms with van der Waals surface area (Å²) in [6.45, 7) is 6.28. The lowest BCUT2D eigenvalue weighted by atomic mass is 10.0. The molecule has 0 saturated carbocycles. The minimum absolute atomic E-state index is 0.186. The van der Waals surface area contributed by atoms with Crippen LogP contribution in [0.5, 0.6) is 0 Å². The third kappa shape index (κ3) is 2.14. The van der Waals surface area contributed by atoms with Crippen molar-refractivity contribution < 1.29 is 4.39 Å². The van der Waals surface area contributed by atoms with Gasteiger partial charge in [0, 0.05) is 18.5 Å². The summed E-state index contributed by atoms with van der Waals surface area (Å²) >= 11 is 0. The minimum atomic E-state index is -0.186. The van der Waals surface area contributed by atoms with Gasteiger partial charge in [0.05, 0.1) is 11.0 Å². The van der Waals surface area contributed by atoms with Crippen molar-refractivity contribution in [1.82, 2.24) is 14.9 Å². The van der Waals surface area contributed by atoms with Crippen molar-refractivity contribution in [2.24, 2.45) is 0 Å². The van der Waals surface area contributed by atoms with Crippen LogP contribution in [0.3, 0.4) is 0 Å². The van der Waals surface area contributed by atoms with E-state index in [1.54, 1.807) is 12.1 Å². The third-order valence-corrected chi connectivity index (χ3v) is 4.04. The van der Waals surface area contributed by atoms with Gasteiger partial charge in [0.25, 0.3) is 0 Å². The fourth-order valence-corrected chi connectivity index (χ4v) is 3.07. The van der Waals surface area contributed by atoms with E-state index < -0.39 is 0 Å². The van der Waals surface area contributed by atoms with Crippen LogP contribution in [0.15, 0.2) is 18.2 Å². The Bertz CT molecular complexity index is 590. The molecule has 19 heavy (non-hydrogen) atoms. The van der Waals surface area contributed by atoms with Crippen molar-refractivity contribution in [1.29, 1.82) is 0 Å². The second-order valence-electron chi connectivity index (χ2n) is 5.39. The molecule has 2 atom stereocenters. The van der Waals surface area contributed by atoms with Crippen molar-refractivity contribution in [2.45, 2.75) is 45.2 Å². The number of aryl methyl sites for hydroxylation is 1. The van der Waals surface area contributed by atoms with Crippen LogP contribution in [0.4, 0.5) is 4.39 Å². The number of hydrogen-bond donors (Lipinski definition) is 1. The van der Waals surface area contributed by atoms with E-state index in [0.29, 0.717) is 12.0 Å². The van der Waals surface area contributed by atoms with E-state index in [4.69, 9.17) is 4.98 Å². The third-order valence-electron chi connectivity index (χ3n) is 4.04. The van der Waals surface area contributed by atoms with Gasteiger partial charge in [0.15, 0.2) is 0 Å². The van der Waals surface area contributed by atoms with Crippen molar-refractivity contribution in [3.8, 4) is 0 Å². The molecule has 2 aromatic rings. The zero-order valence-corrected chi connectivity index (χ0v) is 11.5. The molecule has 0 spiro atoms. The molecule has 2 heterocycles. The summed E-state index contributed by atoms with van der Waals surface area (Å²) in [5.41, 5.74) is 1.83. The fraction of sp³-hybridized carbons (Fsp3) is 0.533. The minimum Gasteiger partial charge on any atom is -0.328 e. The molecular weight excluding hydrogens is 241 g/mol. The van der Waals surface area contributed by atoms with Gasteiger partial charge in [-0.25, -0.2) is 9.37 Å². The van der Waals surface area contributed by atoms with E-state index in [2.05, 4.69) is 23.7 Å². The van der Waals surface area contributed by atoms with Gasteiger partial charge in [-0.2, -0.15) is 0 Å². The molecule has 0 bridgehead atoms.